The number of nitrogens with zero attached hydrogens (tertiary/aromatic N) is 2. The van der Waals surface area contributed by atoms with E-state index in [1.165, 1.54) is 10.6 Å². The quantitative estimate of drug-likeness (QED) is 0.450. The standard InChI is InChI=1S/C14H17N3O2S.ClH/c18-7-5-16(6-8-19)9-11-10-20-14-15-12-3-1-2-4-13(12)17(11)14;/h1-4,10,18-19H,5-9H2;1H. The fraction of sp³-hybridized carbons (Fsp3) is 0.357. The molecule has 0 fully saturated rings. The number of quaternary nitrogens is 1. The highest BCUT2D eigenvalue weighted by atomic mass is 35.5. The van der Waals surface area contributed by atoms with E-state index in [9.17, 15) is 0 Å². The maximum Gasteiger partial charge on any atom is 0.195 e. The van der Waals surface area contributed by atoms with Crippen molar-refractivity contribution in [3.8, 4) is 0 Å². The Bertz CT molecular complexity index is 706. The molecule has 5 nitrogen and oxygen atoms in total. The third-order valence-electron chi connectivity index (χ3n) is 3.48. The molecule has 0 aliphatic rings. The van der Waals surface area contributed by atoms with Gasteiger partial charge < -0.3 is 27.5 Å². The second-order valence-electron chi connectivity index (χ2n) is 4.82. The summed E-state index contributed by atoms with van der Waals surface area (Å²) in [6, 6.07) is 8.10. The number of hydrogen-bond acceptors (Lipinski definition) is 4. The Labute approximate surface area is 132 Å². The van der Waals surface area contributed by atoms with Crippen molar-refractivity contribution < 1.29 is 27.5 Å². The van der Waals surface area contributed by atoms with Crippen molar-refractivity contribution >= 4 is 27.3 Å². The van der Waals surface area contributed by atoms with Gasteiger partial charge in [-0.2, -0.15) is 0 Å². The highest BCUT2D eigenvalue weighted by Gasteiger charge is 2.15. The average molecular weight is 328 g/mol. The van der Waals surface area contributed by atoms with Crippen LogP contribution in [0, 0.1) is 0 Å². The van der Waals surface area contributed by atoms with Gasteiger partial charge in [0, 0.05) is 5.38 Å². The Morgan fingerprint density at radius 1 is 1.14 bits per heavy atom. The third kappa shape index (κ3) is 3.20. The number of fused-ring (bicyclic) bond motifs is 3. The van der Waals surface area contributed by atoms with Gasteiger partial charge in [-0.25, -0.2) is 4.98 Å². The Balaban J connectivity index is 0.00000161. The van der Waals surface area contributed by atoms with E-state index in [0.717, 1.165) is 22.5 Å². The fourth-order valence-electron chi connectivity index (χ4n) is 2.53. The number of rotatable bonds is 6. The first-order valence-corrected chi connectivity index (χ1v) is 7.60. The van der Waals surface area contributed by atoms with Crippen LogP contribution in [-0.2, 0) is 6.54 Å². The minimum Gasteiger partial charge on any atom is -1.00 e. The van der Waals surface area contributed by atoms with Gasteiger partial charge in [-0.3, -0.25) is 4.40 Å². The van der Waals surface area contributed by atoms with E-state index in [-0.39, 0.29) is 25.6 Å². The zero-order valence-electron chi connectivity index (χ0n) is 11.5. The molecule has 0 saturated heterocycles. The van der Waals surface area contributed by atoms with Crippen LogP contribution in [0.5, 0.6) is 0 Å². The van der Waals surface area contributed by atoms with Gasteiger partial charge in [0.1, 0.15) is 19.6 Å². The first kappa shape index (κ1) is 16.2. The lowest BCUT2D eigenvalue weighted by Crippen LogP contribution is -3.11. The number of nitrogens with one attached hydrogen (secondary N) is 1. The molecule has 0 aliphatic heterocycles. The Hall–Kier alpha value is -1.18. The van der Waals surface area contributed by atoms with Crippen LogP contribution in [0.15, 0.2) is 29.6 Å². The van der Waals surface area contributed by atoms with Gasteiger partial charge in [-0.05, 0) is 12.1 Å². The molecule has 2 aromatic heterocycles. The van der Waals surface area contributed by atoms with Crippen molar-refractivity contribution in [2.45, 2.75) is 6.54 Å². The predicted molar refractivity (Wildman–Crippen MR) is 79.1 cm³/mol. The highest BCUT2D eigenvalue weighted by Crippen LogP contribution is 2.22. The van der Waals surface area contributed by atoms with Gasteiger partial charge >= 0.3 is 0 Å². The molecule has 0 aliphatic carbocycles. The van der Waals surface area contributed by atoms with E-state index < -0.39 is 0 Å². The predicted octanol–water partition coefficient (Wildman–Crippen LogP) is -3.08. The first-order valence-electron chi connectivity index (χ1n) is 6.72. The van der Waals surface area contributed by atoms with Crippen molar-refractivity contribution in [2.75, 3.05) is 26.3 Å². The largest absolute Gasteiger partial charge is 1.00 e. The van der Waals surface area contributed by atoms with Crippen molar-refractivity contribution in [3.05, 3.63) is 35.3 Å². The summed E-state index contributed by atoms with van der Waals surface area (Å²) in [6.07, 6.45) is 0. The Kier molecular flexibility index (Phi) is 5.55. The number of halogens is 1. The molecule has 0 bridgehead atoms. The second kappa shape index (κ2) is 7.20. The highest BCUT2D eigenvalue weighted by molar-refractivity contribution is 7.15. The molecule has 0 saturated carbocycles. The molecule has 0 amide bonds. The topological polar surface area (TPSA) is 62.2 Å². The van der Waals surface area contributed by atoms with Gasteiger partial charge in [0.2, 0.25) is 0 Å². The van der Waals surface area contributed by atoms with Crippen LogP contribution in [0.1, 0.15) is 5.69 Å². The third-order valence-corrected chi connectivity index (χ3v) is 4.35. The summed E-state index contributed by atoms with van der Waals surface area (Å²) in [5.74, 6) is 0. The molecule has 7 heteroatoms. The fourth-order valence-corrected chi connectivity index (χ4v) is 3.43. The van der Waals surface area contributed by atoms with E-state index in [0.29, 0.717) is 13.1 Å². The molecule has 114 valence electrons. The molecule has 3 aromatic rings. The summed E-state index contributed by atoms with van der Waals surface area (Å²) in [5, 5.41) is 20.4. The molecule has 3 N–H and O–H groups in total. The van der Waals surface area contributed by atoms with Gasteiger partial charge in [0.25, 0.3) is 0 Å². The second-order valence-corrected chi connectivity index (χ2v) is 5.66. The van der Waals surface area contributed by atoms with Crippen LogP contribution >= 0.6 is 11.3 Å². The number of imidazole rings is 1. The first-order chi connectivity index (χ1) is 9.83. The molecular formula is C14H18ClN3O2S. The zero-order chi connectivity index (χ0) is 13.9. The Morgan fingerprint density at radius 2 is 1.86 bits per heavy atom. The summed E-state index contributed by atoms with van der Waals surface area (Å²) in [6.45, 7) is 2.33. The van der Waals surface area contributed by atoms with E-state index in [4.69, 9.17) is 10.2 Å². The average Bonchev–Trinajstić information content (AvgIpc) is 2.99. The summed E-state index contributed by atoms with van der Waals surface area (Å²) in [7, 11) is 0. The lowest BCUT2D eigenvalue weighted by molar-refractivity contribution is -0.914. The van der Waals surface area contributed by atoms with E-state index in [1.54, 1.807) is 11.3 Å². The molecular weight excluding hydrogens is 310 g/mol. The molecule has 3 rings (SSSR count). The van der Waals surface area contributed by atoms with Gasteiger partial charge in [0.15, 0.2) is 4.96 Å². The minimum absolute atomic E-state index is 0. The molecule has 0 spiro atoms. The van der Waals surface area contributed by atoms with Crippen LogP contribution in [0.4, 0.5) is 0 Å². The van der Waals surface area contributed by atoms with Gasteiger partial charge in [-0.1, -0.05) is 12.1 Å². The maximum atomic E-state index is 9.12. The molecule has 0 radical (unpaired) electrons. The normalized spacial score (nSPS) is 11.4. The number of para-hydroxylation sites is 2. The summed E-state index contributed by atoms with van der Waals surface area (Å²) in [5.41, 5.74) is 3.30. The van der Waals surface area contributed by atoms with Crippen LogP contribution in [0.2, 0.25) is 0 Å². The van der Waals surface area contributed by atoms with Crippen LogP contribution in [-0.4, -0.2) is 45.9 Å². The number of thiazole rings is 1. The lowest BCUT2D eigenvalue weighted by Gasteiger charge is -2.16. The number of aliphatic hydroxyl groups excluding tert-OH is 2. The van der Waals surface area contributed by atoms with Crippen LogP contribution in [0.25, 0.3) is 16.0 Å². The monoisotopic (exact) mass is 327 g/mol. The molecule has 21 heavy (non-hydrogen) atoms. The summed E-state index contributed by atoms with van der Waals surface area (Å²) >= 11 is 1.63. The molecule has 0 unspecified atom stereocenters. The van der Waals surface area contributed by atoms with Crippen molar-refractivity contribution in [1.29, 1.82) is 0 Å². The van der Waals surface area contributed by atoms with Gasteiger partial charge in [-0.15, -0.1) is 11.3 Å². The van der Waals surface area contributed by atoms with Gasteiger partial charge in [0.05, 0.1) is 29.9 Å². The number of benzene rings is 1. The summed E-state index contributed by atoms with van der Waals surface area (Å²) < 4.78 is 2.18. The Morgan fingerprint density at radius 3 is 2.57 bits per heavy atom. The summed E-state index contributed by atoms with van der Waals surface area (Å²) in [4.78, 5) is 6.78. The van der Waals surface area contributed by atoms with E-state index >= 15 is 0 Å². The minimum atomic E-state index is 0. The maximum absolute atomic E-state index is 9.12. The van der Waals surface area contributed by atoms with E-state index in [1.807, 2.05) is 18.2 Å². The smallest absolute Gasteiger partial charge is 0.195 e. The van der Waals surface area contributed by atoms with Crippen molar-refractivity contribution in [2.24, 2.45) is 0 Å². The van der Waals surface area contributed by atoms with Crippen molar-refractivity contribution in [3.63, 3.8) is 0 Å². The van der Waals surface area contributed by atoms with Crippen molar-refractivity contribution in [1.82, 2.24) is 9.38 Å². The number of aliphatic hydroxyl groups is 2. The zero-order valence-corrected chi connectivity index (χ0v) is 13.1. The van der Waals surface area contributed by atoms with Crippen LogP contribution in [0.3, 0.4) is 0 Å². The number of aromatic nitrogens is 2. The lowest BCUT2D eigenvalue weighted by atomic mass is 10.3. The molecule has 0 atom stereocenters. The SMILES string of the molecule is OCC[NH+](CCO)Cc1csc2nc3ccccc3n12.[Cl-]. The molecule has 1 aromatic carbocycles. The molecule has 2 heterocycles. The number of hydrogen-bond donors (Lipinski definition) is 3. The van der Waals surface area contributed by atoms with E-state index in [2.05, 4.69) is 20.8 Å². The van der Waals surface area contributed by atoms with Crippen LogP contribution < -0.4 is 17.3 Å².